The van der Waals surface area contributed by atoms with E-state index in [1.807, 2.05) is 0 Å². The minimum absolute atomic E-state index is 0.657. The molecule has 0 radical (unpaired) electrons. The van der Waals surface area contributed by atoms with Gasteiger partial charge in [0, 0.05) is 4.83 Å². The molecule has 0 amide bonds. The van der Waals surface area contributed by atoms with Gasteiger partial charge < -0.3 is 0 Å². The van der Waals surface area contributed by atoms with Gasteiger partial charge in [0.1, 0.15) is 0 Å². The molecule has 1 atom stereocenters. The van der Waals surface area contributed by atoms with Crippen LogP contribution in [0.4, 0.5) is 0 Å². The van der Waals surface area contributed by atoms with Gasteiger partial charge in [-0.15, -0.1) is 0 Å². The fourth-order valence-electron chi connectivity index (χ4n) is 1.28. The molecule has 1 unspecified atom stereocenters. The first-order chi connectivity index (χ1) is 6.18. The van der Waals surface area contributed by atoms with Crippen molar-refractivity contribution < 1.29 is 0 Å². The molecule has 1 aromatic rings. The number of hydrogen-bond donors (Lipinski definition) is 0. The minimum Gasteiger partial charge on any atom is -0.152 e. The van der Waals surface area contributed by atoms with Crippen LogP contribution in [0, 0.1) is 5.92 Å². The molecule has 0 aromatic carbocycles. The van der Waals surface area contributed by atoms with Crippen LogP contribution in [0.5, 0.6) is 0 Å². The molecule has 13 heavy (non-hydrogen) atoms. The molecular formula is C11H17BrS. The summed E-state index contributed by atoms with van der Waals surface area (Å²) in [7, 11) is 0. The topological polar surface area (TPSA) is 0 Å². The highest BCUT2D eigenvalue weighted by Crippen LogP contribution is 2.19. The van der Waals surface area contributed by atoms with E-state index in [0.717, 1.165) is 5.92 Å². The second-order valence-corrected chi connectivity index (χ2v) is 5.98. The Bertz CT molecular complexity index is 216. The van der Waals surface area contributed by atoms with Crippen molar-refractivity contribution in [2.75, 3.05) is 0 Å². The van der Waals surface area contributed by atoms with Gasteiger partial charge in [0.05, 0.1) is 0 Å². The molecule has 0 bridgehead atoms. The summed E-state index contributed by atoms with van der Waals surface area (Å²) in [6.07, 6.45) is 3.78. The van der Waals surface area contributed by atoms with Crippen LogP contribution in [0.2, 0.25) is 0 Å². The molecule has 1 aromatic heterocycles. The maximum Gasteiger partial charge on any atom is 0.0186 e. The highest BCUT2D eigenvalue weighted by Gasteiger charge is 2.06. The van der Waals surface area contributed by atoms with Crippen LogP contribution in [0.15, 0.2) is 16.8 Å². The first-order valence-corrected chi connectivity index (χ1v) is 6.69. The summed E-state index contributed by atoms with van der Waals surface area (Å²) in [5.41, 5.74) is 1.47. The van der Waals surface area contributed by atoms with Crippen LogP contribution < -0.4 is 0 Å². The number of rotatable bonds is 5. The SMILES string of the molecule is CC(C)CCC(Br)Cc1ccsc1. The number of thiophene rings is 1. The Morgan fingerprint density at radius 3 is 2.69 bits per heavy atom. The second kappa shape index (κ2) is 5.82. The van der Waals surface area contributed by atoms with Gasteiger partial charge in [-0.3, -0.25) is 0 Å². The van der Waals surface area contributed by atoms with Crippen molar-refractivity contribution >= 4 is 27.3 Å². The van der Waals surface area contributed by atoms with Crippen molar-refractivity contribution in [1.82, 2.24) is 0 Å². The summed E-state index contributed by atoms with van der Waals surface area (Å²) in [5, 5.41) is 4.39. The van der Waals surface area contributed by atoms with Crippen LogP contribution in [-0.4, -0.2) is 4.83 Å². The van der Waals surface area contributed by atoms with Crippen molar-refractivity contribution in [1.29, 1.82) is 0 Å². The third-order valence-corrected chi connectivity index (χ3v) is 3.61. The highest BCUT2D eigenvalue weighted by atomic mass is 79.9. The quantitative estimate of drug-likeness (QED) is 0.685. The van der Waals surface area contributed by atoms with Crippen LogP contribution >= 0.6 is 27.3 Å². The molecule has 0 saturated heterocycles. The maximum atomic E-state index is 3.73. The lowest BCUT2D eigenvalue weighted by molar-refractivity contribution is 0.547. The first-order valence-electron chi connectivity index (χ1n) is 4.83. The highest BCUT2D eigenvalue weighted by molar-refractivity contribution is 9.09. The van der Waals surface area contributed by atoms with E-state index in [0.29, 0.717) is 4.83 Å². The molecule has 0 spiro atoms. The van der Waals surface area contributed by atoms with E-state index in [4.69, 9.17) is 0 Å². The molecule has 74 valence electrons. The average Bonchev–Trinajstić information content (AvgIpc) is 2.53. The average molecular weight is 261 g/mol. The lowest BCUT2D eigenvalue weighted by Gasteiger charge is -2.10. The van der Waals surface area contributed by atoms with Gasteiger partial charge in [0.25, 0.3) is 0 Å². The van der Waals surface area contributed by atoms with Crippen LogP contribution in [-0.2, 0) is 6.42 Å². The predicted molar refractivity (Wildman–Crippen MR) is 64.8 cm³/mol. The summed E-state index contributed by atoms with van der Waals surface area (Å²) < 4.78 is 0. The van der Waals surface area contributed by atoms with E-state index in [1.54, 1.807) is 11.3 Å². The van der Waals surface area contributed by atoms with Gasteiger partial charge in [-0.1, -0.05) is 29.8 Å². The van der Waals surface area contributed by atoms with Crippen LogP contribution in [0.25, 0.3) is 0 Å². The third-order valence-electron chi connectivity index (χ3n) is 2.09. The summed E-state index contributed by atoms with van der Waals surface area (Å²) in [6.45, 7) is 4.56. The molecule has 0 nitrogen and oxygen atoms in total. The van der Waals surface area contributed by atoms with Crippen molar-refractivity contribution in [3.8, 4) is 0 Å². The molecule has 2 heteroatoms. The molecule has 0 aliphatic heterocycles. The number of halogens is 1. The Balaban J connectivity index is 2.22. The number of hydrogen-bond acceptors (Lipinski definition) is 1. The van der Waals surface area contributed by atoms with E-state index in [2.05, 4.69) is 46.6 Å². The third kappa shape index (κ3) is 4.82. The zero-order valence-electron chi connectivity index (χ0n) is 8.29. The van der Waals surface area contributed by atoms with Crippen LogP contribution in [0.1, 0.15) is 32.3 Å². The summed E-state index contributed by atoms with van der Waals surface area (Å²) in [5.74, 6) is 0.822. The van der Waals surface area contributed by atoms with Crippen molar-refractivity contribution in [3.05, 3.63) is 22.4 Å². The Morgan fingerprint density at radius 1 is 1.38 bits per heavy atom. The Labute approximate surface area is 93.5 Å². The zero-order valence-corrected chi connectivity index (χ0v) is 10.7. The fourth-order valence-corrected chi connectivity index (χ4v) is 2.60. The molecule has 0 fully saturated rings. The maximum absolute atomic E-state index is 3.73. The van der Waals surface area contributed by atoms with Gasteiger partial charge >= 0.3 is 0 Å². The minimum atomic E-state index is 0.657. The van der Waals surface area contributed by atoms with E-state index in [-0.39, 0.29) is 0 Å². The van der Waals surface area contributed by atoms with Crippen molar-refractivity contribution in [2.45, 2.75) is 37.9 Å². The molecule has 0 aliphatic carbocycles. The van der Waals surface area contributed by atoms with E-state index in [1.165, 1.54) is 24.8 Å². The van der Waals surface area contributed by atoms with Crippen molar-refractivity contribution in [3.63, 3.8) is 0 Å². The van der Waals surface area contributed by atoms with Gasteiger partial charge in [-0.25, -0.2) is 0 Å². The summed E-state index contributed by atoms with van der Waals surface area (Å²) in [4.78, 5) is 0.657. The number of alkyl halides is 1. The van der Waals surface area contributed by atoms with E-state index in [9.17, 15) is 0 Å². The molecule has 0 N–H and O–H groups in total. The normalized spacial score (nSPS) is 13.5. The molecule has 0 aliphatic rings. The smallest absolute Gasteiger partial charge is 0.0186 e. The fraction of sp³-hybridized carbons (Fsp3) is 0.636. The van der Waals surface area contributed by atoms with Gasteiger partial charge in [-0.05, 0) is 47.6 Å². The van der Waals surface area contributed by atoms with Gasteiger partial charge in [0.15, 0.2) is 0 Å². The van der Waals surface area contributed by atoms with E-state index < -0.39 is 0 Å². The Hall–Kier alpha value is 0.180. The monoisotopic (exact) mass is 260 g/mol. The lowest BCUT2D eigenvalue weighted by Crippen LogP contribution is -2.03. The van der Waals surface area contributed by atoms with Crippen LogP contribution in [0.3, 0.4) is 0 Å². The zero-order chi connectivity index (χ0) is 9.68. The Kier molecular flexibility index (Phi) is 5.04. The largest absolute Gasteiger partial charge is 0.152 e. The van der Waals surface area contributed by atoms with E-state index >= 15 is 0 Å². The molecule has 0 saturated carbocycles. The lowest BCUT2D eigenvalue weighted by atomic mass is 10.0. The van der Waals surface area contributed by atoms with Gasteiger partial charge in [-0.2, -0.15) is 11.3 Å². The standard InChI is InChI=1S/C11H17BrS/c1-9(2)3-4-11(12)7-10-5-6-13-8-10/h5-6,8-9,11H,3-4,7H2,1-2H3. The summed E-state index contributed by atoms with van der Waals surface area (Å²) in [6, 6.07) is 2.22. The Morgan fingerprint density at radius 2 is 2.15 bits per heavy atom. The predicted octanol–water partition coefficient (Wildman–Crippen LogP) is 4.49. The summed E-state index contributed by atoms with van der Waals surface area (Å²) >= 11 is 5.52. The van der Waals surface area contributed by atoms with Gasteiger partial charge in [0.2, 0.25) is 0 Å². The second-order valence-electron chi connectivity index (χ2n) is 3.90. The first kappa shape index (κ1) is 11.3. The van der Waals surface area contributed by atoms with Crippen molar-refractivity contribution in [2.24, 2.45) is 5.92 Å². The molecule has 1 heterocycles. The molecular weight excluding hydrogens is 244 g/mol. The molecule has 1 rings (SSSR count).